The minimum absolute atomic E-state index is 0. The molecule has 0 spiro atoms. The van der Waals surface area contributed by atoms with Gasteiger partial charge in [-0.2, -0.15) is 6.08 Å². The topological polar surface area (TPSA) is 0 Å². The Hall–Kier alpha value is -0.530. The Kier molecular flexibility index (Phi) is 13.3. The van der Waals surface area contributed by atoms with E-state index in [1.807, 2.05) is 0 Å². The zero-order valence-electron chi connectivity index (χ0n) is 15.5. The molecule has 0 aliphatic heterocycles. The second kappa shape index (κ2) is 13.6. The molecule has 0 N–H and O–H groups in total. The number of allylic oxidation sites excluding steroid dienone is 4. The molecule has 1 aliphatic rings. The van der Waals surface area contributed by atoms with Crippen molar-refractivity contribution in [3.8, 4) is 0 Å². The van der Waals surface area contributed by atoms with Crippen molar-refractivity contribution in [2.24, 2.45) is 0 Å². The zero-order valence-corrected chi connectivity index (χ0v) is 20.5. The van der Waals surface area contributed by atoms with Gasteiger partial charge in [-0.1, -0.05) is 49.7 Å². The molecule has 26 heavy (non-hydrogen) atoms. The summed E-state index contributed by atoms with van der Waals surface area (Å²) in [7, 11) is 0. The van der Waals surface area contributed by atoms with Crippen molar-refractivity contribution in [1.82, 2.24) is 0 Å². The van der Waals surface area contributed by atoms with Crippen molar-refractivity contribution in [1.29, 1.82) is 0 Å². The van der Waals surface area contributed by atoms with Crippen LogP contribution in [0.4, 0.5) is 0 Å². The maximum absolute atomic E-state index is 3.21. The summed E-state index contributed by atoms with van der Waals surface area (Å²) >= 11 is 1.74. The van der Waals surface area contributed by atoms with Crippen LogP contribution >= 0.6 is 0 Å². The predicted molar refractivity (Wildman–Crippen MR) is 105 cm³/mol. The molecule has 0 heterocycles. The number of fused-ring (bicyclic) bond motifs is 3. The molecule has 136 valence electrons. The van der Waals surface area contributed by atoms with E-state index in [0.717, 1.165) is 12.8 Å². The van der Waals surface area contributed by atoms with Gasteiger partial charge in [-0.15, -0.1) is 46.2 Å². The second-order valence-electron chi connectivity index (χ2n) is 5.98. The standard InChI is InChI=1S/C13H9.C7H9.C2H6Si.2ClH.Zr/c1-3-7-12-10(5-1)9-11-6-2-4-8-13(11)12;1-2-7-5-3-4-6-7;1-3-2;;;/h1-9H;3,5H,2,4H2,1H3;1-2H3;2*1H;/q2*-1;;;;+2/p-2. The van der Waals surface area contributed by atoms with Crippen molar-refractivity contribution in [3.63, 3.8) is 0 Å². The normalized spacial score (nSPS) is 11.3. The molecule has 0 aromatic heterocycles. The fourth-order valence-corrected chi connectivity index (χ4v) is 2.60. The number of rotatable bonds is 1. The molecule has 4 heteroatoms. The average molecular weight is 479 g/mol. The SMILES string of the molecule is CCC1=[C-]CC=C1.C[Si](C)=[Zr+2].[Cl-].[Cl-].c1ccc2c(c1)[cH-]c1ccccc12. The van der Waals surface area contributed by atoms with Crippen LogP contribution in [0.3, 0.4) is 0 Å². The van der Waals surface area contributed by atoms with Gasteiger partial charge < -0.3 is 24.8 Å². The Morgan fingerprint density at radius 2 is 1.42 bits per heavy atom. The fourth-order valence-electron chi connectivity index (χ4n) is 2.60. The van der Waals surface area contributed by atoms with E-state index in [9.17, 15) is 0 Å². The third-order valence-corrected chi connectivity index (χ3v) is 3.67. The monoisotopic (exact) mass is 476 g/mol. The van der Waals surface area contributed by atoms with Crippen molar-refractivity contribution in [2.75, 3.05) is 0 Å². The molecule has 4 rings (SSSR count). The number of hydrogen-bond acceptors (Lipinski definition) is 0. The quantitative estimate of drug-likeness (QED) is 0.355. The molecule has 0 atom stereocenters. The summed E-state index contributed by atoms with van der Waals surface area (Å²) < 4.78 is 0. The molecule has 3 aromatic carbocycles. The number of hydrogen-bond donors (Lipinski definition) is 0. The molecule has 3 aromatic rings. The smallest absolute Gasteiger partial charge is 0.0771 e. The molecule has 0 saturated carbocycles. The molecule has 0 amide bonds. The van der Waals surface area contributed by atoms with Crippen LogP contribution < -0.4 is 24.8 Å². The van der Waals surface area contributed by atoms with Crippen LogP contribution in [0.5, 0.6) is 0 Å². The van der Waals surface area contributed by atoms with Gasteiger partial charge in [-0.3, -0.25) is 6.08 Å². The van der Waals surface area contributed by atoms with E-state index in [-0.39, 0.29) is 30.2 Å². The minimum Gasteiger partial charge on any atom is -1.00 e. The average Bonchev–Trinajstić information content (AvgIpc) is 3.22. The Balaban J connectivity index is 0.000000415. The summed E-state index contributed by atoms with van der Waals surface area (Å²) in [6, 6.07) is 19.3. The van der Waals surface area contributed by atoms with E-state index in [2.05, 4.69) is 92.8 Å². The van der Waals surface area contributed by atoms with Crippen LogP contribution in [0.2, 0.25) is 13.1 Å². The predicted octanol–water partition coefficient (Wildman–Crippen LogP) is 0.590. The molecule has 0 unspecified atom stereocenters. The maximum Gasteiger partial charge on any atom is -0.0771 e. The molecular formula is C22H24Cl2SiZr-2. The second-order valence-corrected chi connectivity index (χ2v) is 15.4. The summed E-state index contributed by atoms with van der Waals surface area (Å²) in [5, 5.41) is 5.39. The summed E-state index contributed by atoms with van der Waals surface area (Å²) in [5.74, 6) is 0. The van der Waals surface area contributed by atoms with Gasteiger partial charge in [0.15, 0.2) is 0 Å². The van der Waals surface area contributed by atoms with Crippen LogP contribution in [0.1, 0.15) is 19.8 Å². The van der Waals surface area contributed by atoms with Crippen LogP contribution in [-0.4, -0.2) is 5.43 Å². The first kappa shape index (κ1) is 25.5. The van der Waals surface area contributed by atoms with Crippen molar-refractivity contribution >= 4 is 27.0 Å². The fraction of sp³-hybridized carbons (Fsp3) is 0.227. The molecule has 0 fully saturated rings. The summed E-state index contributed by atoms with van der Waals surface area (Å²) in [6.45, 7) is 6.77. The molecule has 0 saturated heterocycles. The van der Waals surface area contributed by atoms with Gasteiger partial charge >= 0.3 is 41.9 Å². The Morgan fingerprint density at radius 1 is 0.962 bits per heavy atom. The third-order valence-electron chi connectivity index (χ3n) is 3.67. The van der Waals surface area contributed by atoms with Crippen LogP contribution in [-0.2, 0) is 23.3 Å². The summed E-state index contributed by atoms with van der Waals surface area (Å²) in [5.41, 5.74) is 1.57. The van der Waals surface area contributed by atoms with Crippen molar-refractivity contribution in [3.05, 3.63) is 78.4 Å². The van der Waals surface area contributed by atoms with Gasteiger partial charge in [0.1, 0.15) is 0 Å². The minimum atomic E-state index is 0. The van der Waals surface area contributed by atoms with E-state index in [4.69, 9.17) is 0 Å². The summed E-state index contributed by atoms with van der Waals surface area (Å²) in [4.78, 5) is 0. The molecule has 1 aliphatic carbocycles. The largest absolute Gasteiger partial charge is 1.00 e. The van der Waals surface area contributed by atoms with E-state index in [0.29, 0.717) is 0 Å². The van der Waals surface area contributed by atoms with Gasteiger partial charge in [0.2, 0.25) is 0 Å². The van der Waals surface area contributed by atoms with Crippen molar-refractivity contribution in [2.45, 2.75) is 32.9 Å². The van der Waals surface area contributed by atoms with E-state index in [1.54, 1.807) is 23.3 Å². The van der Waals surface area contributed by atoms with Gasteiger partial charge in [-0.25, -0.2) is 11.6 Å². The van der Waals surface area contributed by atoms with Crippen molar-refractivity contribution < 1.29 is 48.1 Å². The van der Waals surface area contributed by atoms with Gasteiger partial charge in [0, 0.05) is 0 Å². The van der Waals surface area contributed by atoms with E-state index in [1.165, 1.54) is 27.1 Å². The first-order valence-electron chi connectivity index (χ1n) is 8.43. The van der Waals surface area contributed by atoms with E-state index >= 15 is 0 Å². The van der Waals surface area contributed by atoms with Crippen LogP contribution in [0, 0.1) is 6.08 Å². The van der Waals surface area contributed by atoms with Crippen LogP contribution in [0.15, 0.2) is 72.3 Å². The van der Waals surface area contributed by atoms with Gasteiger partial charge in [0.05, 0.1) is 0 Å². The molecule has 0 radical (unpaired) electrons. The summed E-state index contributed by atoms with van der Waals surface area (Å²) in [6.07, 6.45) is 9.65. The number of halogens is 2. The first-order chi connectivity index (χ1) is 11.6. The Bertz CT molecular complexity index is 824. The van der Waals surface area contributed by atoms with Gasteiger partial charge in [-0.05, 0) is 0 Å². The van der Waals surface area contributed by atoms with E-state index < -0.39 is 0 Å². The molecule has 0 nitrogen and oxygen atoms in total. The Labute approximate surface area is 185 Å². The number of benzene rings is 2. The maximum atomic E-state index is 3.21. The zero-order chi connectivity index (χ0) is 17.4. The van der Waals surface area contributed by atoms with Gasteiger partial charge in [0.25, 0.3) is 0 Å². The Morgan fingerprint density at radius 3 is 1.77 bits per heavy atom. The molecular weight excluding hydrogens is 454 g/mol. The molecule has 0 bridgehead atoms. The van der Waals surface area contributed by atoms with Crippen LogP contribution in [0.25, 0.3) is 21.5 Å². The third kappa shape index (κ3) is 8.01. The first-order valence-corrected chi connectivity index (χ1v) is 14.6.